The Balaban J connectivity index is 2.60. The van der Waals surface area contributed by atoms with Gasteiger partial charge in [0.2, 0.25) is 0 Å². The molecule has 0 atom stereocenters. The highest BCUT2D eigenvalue weighted by Gasteiger charge is 2.11. The predicted molar refractivity (Wildman–Crippen MR) is 80.3 cm³/mol. The molecule has 0 radical (unpaired) electrons. The number of nitrogens with zero attached hydrogens (tertiary/aromatic N) is 4. The zero-order chi connectivity index (χ0) is 13.8. The van der Waals surface area contributed by atoms with Gasteiger partial charge in [0, 0.05) is 23.4 Å². The molecular weight excluding hydrogens is 239 g/mol. The van der Waals surface area contributed by atoms with E-state index in [9.17, 15) is 5.11 Å². The van der Waals surface area contributed by atoms with Crippen molar-refractivity contribution in [2.24, 2.45) is 9.98 Å². The Kier molecular flexibility index (Phi) is 3.70. The van der Waals surface area contributed by atoms with Crippen molar-refractivity contribution < 1.29 is 5.11 Å². The van der Waals surface area contributed by atoms with Crippen LogP contribution in [0.25, 0.3) is 11.3 Å². The standard InChI is InChI=1S/C13H13BN4O/c1-3-16-11-6-8(12(19)7-10(11)15-2)9-4-5-13(14)18-17-9/h3-7,19H,2,14H2,1H3/b16-3-. The number of hydrogen-bond acceptors (Lipinski definition) is 5. The molecule has 0 unspecified atom stereocenters. The molecule has 2 aromatic rings. The normalized spacial score (nSPS) is 10.8. The lowest BCUT2D eigenvalue weighted by molar-refractivity contribution is 0.477. The first-order chi connectivity index (χ1) is 9.15. The smallest absolute Gasteiger partial charge is 0.166 e. The summed E-state index contributed by atoms with van der Waals surface area (Å²) in [7, 11) is 1.86. The van der Waals surface area contributed by atoms with E-state index in [0.717, 1.165) is 5.59 Å². The van der Waals surface area contributed by atoms with Crippen molar-refractivity contribution in [3.8, 4) is 17.0 Å². The van der Waals surface area contributed by atoms with Gasteiger partial charge < -0.3 is 5.11 Å². The number of rotatable bonds is 3. The molecule has 0 spiro atoms. The van der Waals surface area contributed by atoms with Gasteiger partial charge in [-0.1, -0.05) is 0 Å². The third-order valence-electron chi connectivity index (χ3n) is 2.61. The average molecular weight is 252 g/mol. The molecule has 1 heterocycles. The second kappa shape index (κ2) is 5.43. The van der Waals surface area contributed by atoms with Gasteiger partial charge in [0.05, 0.1) is 17.1 Å². The number of aliphatic imine (C=N–C) groups is 2. The van der Waals surface area contributed by atoms with Crippen molar-refractivity contribution in [1.29, 1.82) is 0 Å². The van der Waals surface area contributed by atoms with Crippen LogP contribution in [0, 0.1) is 0 Å². The first-order valence-electron chi connectivity index (χ1n) is 5.79. The highest BCUT2D eigenvalue weighted by Crippen LogP contribution is 2.38. The number of hydrogen-bond donors (Lipinski definition) is 1. The molecule has 5 nitrogen and oxygen atoms in total. The van der Waals surface area contributed by atoms with Crippen LogP contribution in [-0.2, 0) is 0 Å². The second-order valence-corrected chi connectivity index (χ2v) is 3.96. The Bertz CT molecular complexity index is 638. The van der Waals surface area contributed by atoms with Crippen LogP contribution in [0.2, 0.25) is 0 Å². The molecule has 0 aliphatic carbocycles. The minimum Gasteiger partial charge on any atom is -0.507 e. The monoisotopic (exact) mass is 252 g/mol. The van der Waals surface area contributed by atoms with Gasteiger partial charge in [0.1, 0.15) is 5.75 Å². The van der Waals surface area contributed by atoms with Gasteiger partial charge in [0.15, 0.2) is 7.85 Å². The maximum Gasteiger partial charge on any atom is 0.166 e. The molecule has 2 rings (SSSR count). The fourth-order valence-electron chi connectivity index (χ4n) is 1.68. The molecule has 0 saturated heterocycles. The van der Waals surface area contributed by atoms with Gasteiger partial charge in [-0.15, -0.1) is 0 Å². The second-order valence-electron chi connectivity index (χ2n) is 3.96. The molecule has 0 amide bonds. The number of phenols is 1. The van der Waals surface area contributed by atoms with Crippen molar-refractivity contribution in [2.75, 3.05) is 0 Å². The Morgan fingerprint density at radius 3 is 2.63 bits per heavy atom. The van der Waals surface area contributed by atoms with Crippen LogP contribution in [0.1, 0.15) is 6.92 Å². The molecule has 94 valence electrons. The summed E-state index contributed by atoms with van der Waals surface area (Å²) < 4.78 is 0. The van der Waals surface area contributed by atoms with Gasteiger partial charge in [-0.3, -0.25) is 9.98 Å². The number of benzene rings is 1. The van der Waals surface area contributed by atoms with E-state index in [1.165, 1.54) is 6.07 Å². The molecule has 1 aromatic heterocycles. The zero-order valence-corrected chi connectivity index (χ0v) is 10.8. The Hall–Kier alpha value is -2.50. The summed E-state index contributed by atoms with van der Waals surface area (Å²) >= 11 is 0. The van der Waals surface area contributed by atoms with Crippen molar-refractivity contribution in [3.05, 3.63) is 24.3 Å². The molecule has 6 heteroatoms. The van der Waals surface area contributed by atoms with Crippen LogP contribution >= 0.6 is 0 Å². The number of aromatic hydroxyl groups is 1. The van der Waals surface area contributed by atoms with Crippen LogP contribution in [-0.4, -0.2) is 36.1 Å². The number of aromatic nitrogens is 2. The van der Waals surface area contributed by atoms with E-state index in [2.05, 4.69) is 26.9 Å². The fraction of sp³-hybridized carbons (Fsp3) is 0.0769. The summed E-state index contributed by atoms with van der Waals surface area (Å²) in [6, 6.07) is 6.88. The summed E-state index contributed by atoms with van der Waals surface area (Å²) in [5.41, 5.74) is 3.14. The molecule has 1 N–H and O–H groups in total. The Labute approximate surface area is 112 Å². The van der Waals surface area contributed by atoms with E-state index in [1.54, 1.807) is 18.3 Å². The highest BCUT2D eigenvalue weighted by atomic mass is 16.3. The van der Waals surface area contributed by atoms with Crippen molar-refractivity contribution in [3.63, 3.8) is 0 Å². The Morgan fingerprint density at radius 1 is 1.26 bits per heavy atom. The van der Waals surface area contributed by atoms with Gasteiger partial charge in [-0.25, -0.2) is 0 Å². The van der Waals surface area contributed by atoms with Gasteiger partial charge in [-0.05, 0) is 31.8 Å². The largest absolute Gasteiger partial charge is 0.507 e. The Morgan fingerprint density at radius 2 is 2.05 bits per heavy atom. The average Bonchev–Trinajstić information content (AvgIpc) is 2.41. The van der Waals surface area contributed by atoms with Crippen molar-refractivity contribution in [2.45, 2.75) is 6.92 Å². The van der Waals surface area contributed by atoms with E-state index in [4.69, 9.17) is 0 Å². The van der Waals surface area contributed by atoms with Crippen LogP contribution in [0.5, 0.6) is 5.75 Å². The van der Waals surface area contributed by atoms with E-state index >= 15 is 0 Å². The molecule has 0 aliphatic heterocycles. The first kappa shape index (κ1) is 12.9. The topological polar surface area (TPSA) is 70.7 Å². The van der Waals surface area contributed by atoms with Gasteiger partial charge in [0.25, 0.3) is 0 Å². The lowest BCUT2D eigenvalue weighted by Crippen LogP contribution is -2.09. The van der Waals surface area contributed by atoms with Gasteiger partial charge >= 0.3 is 0 Å². The summed E-state index contributed by atoms with van der Waals surface area (Å²) in [6.07, 6.45) is 1.66. The fourth-order valence-corrected chi connectivity index (χ4v) is 1.68. The quantitative estimate of drug-likeness (QED) is 0.658. The third-order valence-corrected chi connectivity index (χ3v) is 2.61. The minimum atomic E-state index is 0.0793. The summed E-state index contributed by atoms with van der Waals surface area (Å²) in [4.78, 5) is 8.04. The summed E-state index contributed by atoms with van der Waals surface area (Å²) in [5, 5.41) is 18.1. The van der Waals surface area contributed by atoms with Crippen LogP contribution < -0.4 is 5.59 Å². The summed E-state index contributed by atoms with van der Waals surface area (Å²) in [5.74, 6) is 0.0793. The zero-order valence-electron chi connectivity index (χ0n) is 10.8. The molecular formula is C13H13BN4O. The van der Waals surface area contributed by atoms with Crippen molar-refractivity contribution in [1.82, 2.24) is 10.2 Å². The lowest BCUT2D eigenvalue weighted by atomic mass is 10.0. The molecule has 0 bridgehead atoms. The molecule has 0 fully saturated rings. The molecule has 0 aliphatic rings. The maximum absolute atomic E-state index is 10.0. The molecule has 19 heavy (non-hydrogen) atoms. The van der Waals surface area contributed by atoms with Crippen molar-refractivity contribution >= 4 is 37.7 Å². The predicted octanol–water partition coefficient (Wildman–Crippen LogP) is 1.16. The van der Waals surface area contributed by atoms with E-state index < -0.39 is 0 Å². The third kappa shape index (κ3) is 2.68. The van der Waals surface area contributed by atoms with E-state index in [-0.39, 0.29) is 5.75 Å². The van der Waals surface area contributed by atoms with Gasteiger partial charge in [-0.2, -0.15) is 10.2 Å². The minimum absolute atomic E-state index is 0.0793. The summed E-state index contributed by atoms with van der Waals surface area (Å²) in [6.45, 7) is 5.28. The SMILES string of the molecule is Bc1ccc(-c2cc(/N=C\C)c(N=C)cc2O)nn1. The molecule has 0 saturated carbocycles. The van der Waals surface area contributed by atoms with E-state index in [1.807, 2.05) is 20.8 Å². The highest BCUT2D eigenvalue weighted by molar-refractivity contribution is 6.30. The molecule has 1 aromatic carbocycles. The van der Waals surface area contributed by atoms with E-state index in [0.29, 0.717) is 22.6 Å². The maximum atomic E-state index is 10.0. The van der Waals surface area contributed by atoms with Crippen LogP contribution in [0.3, 0.4) is 0 Å². The lowest BCUT2D eigenvalue weighted by Gasteiger charge is -2.07. The van der Waals surface area contributed by atoms with Crippen LogP contribution in [0.4, 0.5) is 11.4 Å². The van der Waals surface area contributed by atoms with Crippen LogP contribution in [0.15, 0.2) is 34.3 Å². The number of phenolic OH excluding ortho intramolecular Hbond substituents is 1. The first-order valence-corrected chi connectivity index (χ1v) is 5.79.